The average molecular weight is 245 g/mol. The Labute approximate surface area is 106 Å². The van der Waals surface area contributed by atoms with Crippen LogP contribution in [0.3, 0.4) is 0 Å². The zero-order chi connectivity index (χ0) is 13.1. The number of aryl methyl sites for hydroxylation is 2. The Morgan fingerprint density at radius 3 is 2.56 bits per heavy atom. The second kappa shape index (κ2) is 5.19. The van der Waals surface area contributed by atoms with Crippen LogP contribution < -0.4 is 10.5 Å². The van der Waals surface area contributed by atoms with Gasteiger partial charge >= 0.3 is 0 Å². The van der Waals surface area contributed by atoms with Gasteiger partial charge in [0.15, 0.2) is 0 Å². The first-order valence-electron chi connectivity index (χ1n) is 5.84. The van der Waals surface area contributed by atoms with Gasteiger partial charge in [0.25, 0.3) is 0 Å². The van der Waals surface area contributed by atoms with Crippen LogP contribution in [0.1, 0.15) is 16.7 Å². The molecule has 2 N–H and O–H groups in total. The van der Waals surface area contributed by atoms with Gasteiger partial charge in [-0.1, -0.05) is 18.2 Å². The first-order chi connectivity index (χ1) is 8.61. The van der Waals surface area contributed by atoms with Gasteiger partial charge in [0.1, 0.15) is 17.3 Å². The predicted octanol–water partition coefficient (Wildman–Crippen LogP) is 3.69. The summed E-state index contributed by atoms with van der Waals surface area (Å²) in [7, 11) is 0. The number of rotatable bonds is 3. The lowest BCUT2D eigenvalue weighted by Gasteiger charge is -2.13. The second-order valence-electron chi connectivity index (χ2n) is 4.28. The van der Waals surface area contributed by atoms with Crippen LogP contribution in [0, 0.1) is 19.7 Å². The Bertz CT molecular complexity index is 566. The normalized spacial score (nSPS) is 10.4. The van der Waals surface area contributed by atoms with Gasteiger partial charge in [-0.3, -0.25) is 0 Å². The molecule has 0 fully saturated rings. The summed E-state index contributed by atoms with van der Waals surface area (Å²) in [6.07, 6.45) is 0. The SMILES string of the molecule is Cc1cc(Oc2c(C)cccc2CN)ccc1F. The maximum atomic E-state index is 13.2. The minimum atomic E-state index is -0.230. The summed E-state index contributed by atoms with van der Waals surface area (Å²) < 4.78 is 19.0. The number of hydrogen-bond donors (Lipinski definition) is 1. The van der Waals surface area contributed by atoms with E-state index in [0.29, 0.717) is 17.9 Å². The highest BCUT2D eigenvalue weighted by molar-refractivity contribution is 5.44. The van der Waals surface area contributed by atoms with E-state index in [4.69, 9.17) is 10.5 Å². The van der Waals surface area contributed by atoms with Crippen LogP contribution in [0.15, 0.2) is 36.4 Å². The van der Waals surface area contributed by atoms with Gasteiger partial charge in [0.05, 0.1) is 0 Å². The van der Waals surface area contributed by atoms with Gasteiger partial charge < -0.3 is 10.5 Å². The molecule has 3 heteroatoms. The molecule has 2 nitrogen and oxygen atoms in total. The van der Waals surface area contributed by atoms with Crippen LogP contribution in [0.5, 0.6) is 11.5 Å². The van der Waals surface area contributed by atoms with Gasteiger partial charge in [-0.05, 0) is 43.2 Å². The lowest BCUT2D eigenvalue weighted by molar-refractivity contribution is 0.470. The van der Waals surface area contributed by atoms with Crippen LogP contribution in [0.4, 0.5) is 4.39 Å². The smallest absolute Gasteiger partial charge is 0.134 e. The van der Waals surface area contributed by atoms with Gasteiger partial charge in [0.2, 0.25) is 0 Å². The molecule has 2 aromatic rings. The number of ether oxygens (including phenoxy) is 1. The van der Waals surface area contributed by atoms with Crippen LogP contribution >= 0.6 is 0 Å². The van der Waals surface area contributed by atoms with Crippen molar-refractivity contribution in [1.29, 1.82) is 0 Å². The molecule has 0 unspecified atom stereocenters. The third kappa shape index (κ3) is 2.51. The molecule has 0 bridgehead atoms. The fourth-order valence-corrected chi connectivity index (χ4v) is 1.82. The van der Waals surface area contributed by atoms with Gasteiger partial charge in [-0.25, -0.2) is 4.39 Å². The average Bonchev–Trinajstić information content (AvgIpc) is 2.36. The van der Waals surface area contributed by atoms with Crippen molar-refractivity contribution < 1.29 is 9.13 Å². The van der Waals surface area contributed by atoms with E-state index in [2.05, 4.69) is 0 Å². The molecule has 18 heavy (non-hydrogen) atoms. The molecule has 0 aromatic heterocycles. The number of halogens is 1. The van der Waals surface area contributed by atoms with Crippen molar-refractivity contribution in [2.45, 2.75) is 20.4 Å². The van der Waals surface area contributed by atoms with E-state index in [1.54, 1.807) is 19.1 Å². The monoisotopic (exact) mass is 245 g/mol. The predicted molar refractivity (Wildman–Crippen MR) is 70.3 cm³/mol. The molecular formula is C15H16FNO. The van der Waals surface area contributed by atoms with Gasteiger partial charge in [-0.2, -0.15) is 0 Å². The molecule has 0 spiro atoms. The first kappa shape index (κ1) is 12.6. The van der Waals surface area contributed by atoms with Gasteiger partial charge in [0, 0.05) is 12.1 Å². The lowest BCUT2D eigenvalue weighted by Crippen LogP contribution is -2.01. The van der Waals surface area contributed by atoms with Gasteiger partial charge in [-0.15, -0.1) is 0 Å². The standard InChI is InChI=1S/C15H16FNO/c1-10-4-3-5-12(9-17)15(10)18-13-6-7-14(16)11(2)8-13/h3-8H,9,17H2,1-2H3. The Hall–Kier alpha value is -1.87. The molecule has 0 aliphatic heterocycles. The fourth-order valence-electron chi connectivity index (χ4n) is 1.82. The maximum absolute atomic E-state index is 13.2. The molecule has 94 valence electrons. The summed E-state index contributed by atoms with van der Waals surface area (Å²) in [6.45, 7) is 4.09. The molecule has 2 aromatic carbocycles. The zero-order valence-corrected chi connectivity index (χ0v) is 10.5. The Morgan fingerprint density at radius 1 is 1.11 bits per heavy atom. The van der Waals surface area contributed by atoms with Crippen LogP contribution in [-0.4, -0.2) is 0 Å². The summed E-state index contributed by atoms with van der Waals surface area (Å²) >= 11 is 0. The van der Waals surface area contributed by atoms with Crippen molar-refractivity contribution in [1.82, 2.24) is 0 Å². The van der Waals surface area contributed by atoms with E-state index in [1.807, 2.05) is 25.1 Å². The Morgan fingerprint density at radius 2 is 1.89 bits per heavy atom. The fraction of sp³-hybridized carbons (Fsp3) is 0.200. The molecule has 2 rings (SSSR count). The van der Waals surface area contributed by atoms with Crippen molar-refractivity contribution in [3.05, 3.63) is 58.9 Å². The highest BCUT2D eigenvalue weighted by Gasteiger charge is 2.08. The second-order valence-corrected chi connectivity index (χ2v) is 4.28. The third-order valence-electron chi connectivity index (χ3n) is 2.86. The maximum Gasteiger partial charge on any atom is 0.134 e. The molecule has 0 aliphatic carbocycles. The van der Waals surface area contributed by atoms with Crippen molar-refractivity contribution in [3.63, 3.8) is 0 Å². The number of nitrogens with two attached hydrogens (primary N) is 1. The van der Waals surface area contributed by atoms with E-state index < -0.39 is 0 Å². The molecule has 0 amide bonds. The topological polar surface area (TPSA) is 35.2 Å². The third-order valence-corrected chi connectivity index (χ3v) is 2.86. The van der Waals surface area contributed by atoms with Crippen molar-refractivity contribution in [3.8, 4) is 11.5 Å². The Balaban J connectivity index is 2.36. The number of para-hydroxylation sites is 1. The minimum absolute atomic E-state index is 0.230. The molecule has 0 saturated carbocycles. The molecule has 0 saturated heterocycles. The molecule has 0 aliphatic rings. The minimum Gasteiger partial charge on any atom is -0.457 e. The summed E-state index contributed by atoms with van der Waals surface area (Å²) in [5.74, 6) is 1.15. The largest absolute Gasteiger partial charge is 0.457 e. The van der Waals surface area contributed by atoms with E-state index in [9.17, 15) is 4.39 Å². The highest BCUT2D eigenvalue weighted by Crippen LogP contribution is 2.29. The summed E-state index contributed by atoms with van der Waals surface area (Å²) in [6, 6.07) is 10.5. The van der Waals surface area contributed by atoms with E-state index in [1.165, 1.54) is 6.07 Å². The van der Waals surface area contributed by atoms with Crippen molar-refractivity contribution >= 4 is 0 Å². The molecule has 0 radical (unpaired) electrons. The van der Waals surface area contributed by atoms with Crippen molar-refractivity contribution in [2.24, 2.45) is 5.73 Å². The first-order valence-corrected chi connectivity index (χ1v) is 5.84. The molecule has 0 heterocycles. The lowest BCUT2D eigenvalue weighted by atomic mass is 10.1. The van der Waals surface area contributed by atoms with Crippen molar-refractivity contribution in [2.75, 3.05) is 0 Å². The van der Waals surface area contributed by atoms with Crippen LogP contribution in [0.2, 0.25) is 0 Å². The Kier molecular flexibility index (Phi) is 3.63. The highest BCUT2D eigenvalue weighted by atomic mass is 19.1. The number of hydrogen-bond acceptors (Lipinski definition) is 2. The quantitative estimate of drug-likeness (QED) is 0.895. The van der Waals surface area contributed by atoms with E-state index >= 15 is 0 Å². The van der Waals surface area contributed by atoms with E-state index in [-0.39, 0.29) is 5.82 Å². The van der Waals surface area contributed by atoms with Crippen LogP contribution in [-0.2, 0) is 6.54 Å². The number of benzene rings is 2. The molecule has 0 atom stereocenters. The summed E-state index contributed by atoms with van der Waals surface area (Å²) in [5.41, 5.74) is 8.21. The van der Waals surface area contributed by atoms with Crippen LogP contribution in [0.25, 0.3) is 0 Å². The zero-order valence-electron chi connectivity index (χ0n) is 10.5. The summed E-state index contributed by atoms with van der Waals surface area (Å²) in [5, 5.41) is 0. The summed E-state index contributed by atoms with van der Waals surface area (Å²) in [4.78, 5) is 0. The molecular weight excluding hydrogens is 229 g/mol. The van der Waals surface area contributed by atoms with E-state index in [0.717, 1.165) is 16.9 Å².